The summed E-state index contributed by atoms with van der Waals surface area (Å²) in [7, 11) is 5.96. The van der Waals surface area contributed by atoms with Gasteiger partial charge in [-0.05, 0) is 36.6 Å². The van der Waals surface area contributed by atoms with E-state index in [9.17, 15) is 4.79 Å². The molecule has 3 aromatic rings. The van der Waals surface area contributed by atoms with Gasteiger partial charge in [0.1, 0.15) is 0 Å². The fourth-order valence-corrected chi connectivity index (χ4v) is 4.70. The molecule has 1 saturated heterocycles. The summed E-state index contributed by atoms with van der Waals surface area (Å²) >= 11 is 1.67. The van der Waals surface area contributed by atoms with Crippen molar-refractivity contribution in [3.8, 4) is 0 Å². The first kappa shape index (κ1) is 20.5. The molecule has 1 fully saturated rings. The van der Waals surface area contributed by atoms with E-state index in [1.807, 2.05) is 78.0 Å². The molecule has 6 nitrogen and oxygen atoms in total. The van der Waals surface area contributed by atoms with Gasteiger partial charge in [-0.1, -0.05) is 48.2 Å². The molecule has 1 aliphatic heterocycles. The molecule has 2 aromatic carbocycles. The van der Waals surface area contributed by atoms with E-state index in [0.717, 1.165) is 41.8 Å². The Morgan fingerprint density at radius 2 is 1.93 bits per heavy atom. The molecular formula is C23H27N5OS. The van der Waals surface area contributed by atoms with Crippen molar-refractivity contribution in [3.05, 3.63) is 71.5 Å². The molecule has 1 aliphatic rings. The lowest BCUT2D eigenvalue weighted by molar-refractivity contribution is 0.0727. The minimum Gasteiger partial charge on any atom is -0.378 e. The number of anilines is 1. The molecule has 7 heteroatoms. The lowest BCUT2D eigenvalue weighted by Gasteiger charge is -2.24. The zero-order valence-corrected chi connectivity index (χ0v) is 18.5. The normalized spacial score (nSPS) is 16.1. The van der Waals surface area contributed by atoms with Gasteiger partial charge in [0, 0.05) is 44.7 Å². The third kappa shape index (κ3) is 4.21. The van der Waals surface area contributed by atoms with Gasteiger partial charge in [-0.3, -0.25) is 4.79 Å². The van der Waals surface area contributed by atoms with Crippen LogP contribution in [0.25, 0.3) is 0 Å². The second-order valence-corrected chi connectivity index (χ2v) is 8.72. The largest absolute Gasteiger partial charge is 0.378 e. The lowest BCUT2D eigenvalue weighted by Crippen LogP contribution is -2.32. The van der Waals surface area contributed by atoms with E-state index < -0.39 is 0 Å². The van der Waals surface area contributed by atoms with E-state index in [2.05, 4.69) is 22.3 Å². The summed E-state index contributed by atoms with van der Waals surface area (Å²) in [5.41, 5.74) is 2.99. The van der Waals surface area contributed by atoms with Crippen LogP contribution in [0.2, 0.25) is 0 Å². The van der Waals surface area contributed by atoms with Gasteiger partial charge in [0.25, 0.3) is 5.91 Å². The summed E-state index contributed by atoms with van der Waals surface area (Å²) in [5, 5.41) is 9.76. The summed E-state index contributed by atoms with van der Waals surface area (Å²) in [6.07, 6.45) is 1.89. The first-order valence-electron chi connectivity index (χ1n) is 10.2. The molecule has 0 spiro atoms. The van der Waals surface area contributed by atoms with Gasteiger partial charge in [-0.25, -0.2) is 0 Å². The van der Waals surface area contributed by atoms with E-state index in [-0.39, 0.29) is 11.9 Å². The van der Waals surface area contributed by atoms with Crippen LogP contribution >= 0.6 is 11.8 Å². The quantitative estimate of drug-likeness (QED) is 0.560. The Bertz CT molecular complexity index is 1020. The number of nitrogens with zero attached hydrogens (tertiary/aromatic N) is 5. The molecule has 156 valence electrons. The summed E-state index contributed by atoms with van der Waals surface area (Å²) < 4.78 is 2.04. The first-order valence-corrected chi connectivity index (χ1v) is 11.2. The number of hydrogen-bond donors (Lipinski definition) is 0. The van der Waals surface area contributed by atoms with Crippen LogP contribution in [0.3, 0.4) is 0 Å². The van der Waals surface area contributed by atoms with E-state index in [4.69, 9.17) is 0 Å². The van der Waals surface area contributed by atoms with Crippen LogP contribution in [-0.2, 0) is 12.8 Å². The van der Waals surface area contributed by atoms with Gasteiger partial charge in [-0.15, -0.1) is 10.2 Å². The highest BCUT2D eigenvalue weighted by Crippen LogP contribution is 2.34. The number of aromatic nitrogens is 3. The maximum absolute atomic E-state index is 13.3. The number of rotatable bonds is 6. The van der Waals surface area contributed by atoms with Crippen LogP contribution in [0.1, 0.15) is 40.6 Å². The summed E-state index contributed by atoms with van der Waals surface area (Å²) in [6.45, 7) is 0.745. The minimum absolute atomic E-state index is 0.0379. The third-order valence-electron chi connectivity index (χ3n) is 5.50. The zero-order chi connectivity index (χ0) is 21.1. The van der Waals surface area contributed by atoms with Crippen LogP contribution in [0.5, 0.6) is 0 Å². The number of carbonyl (C=O) groups is 1. The van der Waals surface area contributed by atoms with E-state index in [1.54, 1.807) is 11.8 Å². The maximum Gasteiger partial charge on any atom is 0.254 e. The van der Waals surface area contributed by atoms with Crippen LogP contribution < -0.4 is 4.90 Å². The van der Waals surface area contributed by atoms with Crippen molar-refractivity contribution in [1.82, 2.24) is 19.7 Å². The molecule has 0 unspecified atom stereocenters. The van der Waals surface area contributed by atoms with Gasteiger partial charge in [0.05, 0.1) is 6.04 Å². The molecule has 0 bridgehead atoms. The molecular weight excluding hydrogens is 394 g/mol. The van der Waals surface area contributed by atoms with E-state index >= 15 is 0 Å². The van der Waals surface area contributed by atoms with Crippen molar-refractivity contribution in [3.63, 3.8) is 0 Å². The average Bonchev–Trinajstić information content (AvgIpc) is 3.39. The van der Waals surface area contributed by atoms with Gasteiger partial charge in [-0.2, -0.15) is 0 Å². The molecule has 1 atom stereocenters. The fraction of sp³-hybridized carbons (Fsp3) is 0.348. The van der Waals surface area contributed by atoms with Gasteiger partial charge in [0.15, 0.2) is 11.0 Å². The van der Waals surface area contributed by atoms with Crippen LogP contribution in [-0.4, -0.2) is 46.2 Å². The monoisotopic (exact) mass is 421 g/mol. The van der Waals surface area contributed by atoms with Crippen LogP contribution in [0.15, 0.2) is 59.8 Å². The van der Waals surface area contributed by atoms with E-state index in [0.29, 0.717) is 5.56 Å². The van der Waals surface area contributed by atoms with Crippen LogP contribution in [0, 0.1) is 0 Å². The molecule has 2 heterocycles. The topological polar surface area (TPSA) is 54.3 Å². The number of hydrogen-bond acceptors (Lipinski definition) is 5. The first-order chi connectivity index (χ1) is 14.5. The van der Waals surface area contributed by atoms with Crippen molar-refractivity contribution in [1.29, 1.82) is 0 Å². The second kappa shape index (κ2) is 8.92. The third-order valence-corrected chi connectivity index (χ3v) is 6.59. The predicted octanol–water partition coefficient (Wildman–Crippen LogP) is 4.15. The smallest absolute Gasteiger partial charge is 0.254 e. The highest BCUT2D eigenvalue weighted by Gasteiger charge is 2.34. The Balaban J connectivity index is 1.51. The predicted molar refractivity (Wildman–Crippen MR) is 121 cm³/mol. The van der Waals surface area contributed by atoms with Crippen LogP contribution in [0.4, 0.5) is 5.69 Å². The highest BCUT2D eigenvalue weighted by molar-refractivity contribution is 7.98. The molecule has 4 rings (SSSR count). The van der Waals surface area contributed by atoms with Gasteiger partial charge < -0.3 is 14.4 Å². The van der Waals surface area contributed by atoms with E-state index in [1.165, 1.54) is 5.56 Å². The Kier molecular flexibility index (Phi) is 6.08. The number of thioether (sulfide) groups is 1. The summed E-state index contributed by atoms with van der Waals surface area (Å²) in [4.78, 5) is 17.2. The van der Waals surface area contributed by atoms with Crippen molar-refractivity contribution < 1.29 is 4.79 Å². The van der Waals surface area contributed by atoms with Gasteiger partial charge in [0.2, 0.25) is 0 Å². The molecule has 1 aromatic heterocycles. The fourth-order valence-electron chi connectivity index (χ4n) is 3.83. The Hall–Kier alpha value is -2.80. The van der Waals surface area contributed by atoms with Crippen molar-refractivity contribution >= 4 is 23.4 Å². The Morgan fingerprint density at radius 3 is 2.70 bits per heavy atom. The summed E-state index contributed by atoms with van der Waals surface area (Å²) in [6, 6.07) is 18.1. The van der Waals surface area contributed by atoms with Crippen molar-refractivity contribution in [2.24, 2.45) is 7.05 Å². The number of carbonyl (C=O) groups excluding carboxylic acids is 1. The van der Waals surface area contributed by atoms with Crippen molar-refractivity contribution in [2.45, 2.75) is 29.8 Å². The molecule has 30 heavy (non-hydrogen) atoms. The molecule has 0 saturated carbocycles. The number of likely N-dealkylation sites (tertiary alicyclic amines) is 1. The highest BCUT2D eigenvalue weighted by atomic mass is 32.2. The summed E-state index contributed by atoms with van der Waals surface area (Å²) in [5.74, 6) is 1.76. The van der Waals surface area contributed by atoms with Gasteiger partial charge >= 0.3 is 0 Å². The lowest BCUT2D eigenvalue weighted by atomic mass is 10.1. The standard InChI is InChI=1S/C23H27N5OS/c1-26(2)19-12-7-11-18(15-19)22(29)28-14-8-13-20(28)21-24-25-23(27(21)3)30-16-17-9-5-4-6-10-17/h4-7,9-12,15,20H,8,13-14,16H2,1-3H3/t20-/m1/s1. The molecule has 0 radical (unpaired) electrons. The number of benzene rings is 2. The maximum atomic E-state index is 13.3. The Morgan fingerprint density at radius 1 is 1.13 bits per heavy atom. The molecule has 0 N–H and O–H groups in total. The Labute approximate surface area is 181 Å². The number of amides is 1. The second-order valence-electron chi connectivity index (χ2n) is 7.78. The SMILES string of the molecule is CN(C)c1cccc(C(=O)N2CCC[C@@H]2c2nnc(SCc3ccccc3)n2C)c1. The molecule has 0 aliphatic carbocycles. The minimum atomic E-state index is -0.0379. The average molecular weight is 422 g/mol. The molecule has 1 amide bonds. The zero-order valence-electron chi connectivity index (χ0n) is 17.7. The van der Waals surface area contributed by atoms with Crippen molar-refractivity contribution in [2.75, 3.05) is 25.5 Å².